The quantitative estimate of drug-likeness (QED) is 0.186. The van der Waals surface area contributed by atoms with Crippen LogP contribution in [0.1, 0.15) is 16.8 Å². The van der Waals surface area contributed by atoms with Gasteiger partial charge in [-0.2, -0.15) is 19.1 Å². The van der Waals surface area contributed by atoms with Crippen LogP contribution < -0.4 is 27.2 Å². The third kappa shape index (κ3) is 9.13. The molecule has 0 saturated carbocycles. The summed E-state index contributed by atoms with van der Waals surface area (Å²) in [6, 6.07) is 14.0. The summed E-state index contributed by atoms with van der Waals surface area (Å²) in [5, 5.41) is 9.81. The number of benzene rings is 2. The highest BCUT2D eigenvalue weighted by Crippen LogP contribution is 2.33. The first-order chi connectivity index (χ1) is 17.6. The largest absolute Gasteiger partial charge is 0.416 e. The number of carbonyl (C=O) groups is 2. The molecule has 3 rings (SSSR count). The summed E-state index contributed by atoms with van der Waals surface area (Å²) < 4.78 is 41.1. The van der Waals surface area contributed by atoms with Crippen LogP contribution in [0.5, 0.6) is 0 Å². The Labute approximate surface area is 218 Å². The van der Waals surface area contributed by atoms with Gasteiger partial charge in [-0.3, -0.25) is 15.1 Å². The normalized spacial score (nSPS) is 11.4. The molecule has 2 aromatic carbocycles. The van der Waals surface area contributed by atoms with E-state index in [0.29, 0.717) is 11.3 Å². The van der Waals surface area contributed by atoms with E-state index in [1.165, 1.54) is 12.3 Å². The lowest BCUT2D eigenvalue weighted by Crippen LogP contribution is -2.31. The molecule has 9 nitrogen and oxygen atoms in total. The number of amides is 3. The zero-order valence-electron chi connectivity index (χ0n) is 19.1. The highest BCUT2D eigenvalue weighted by Gasteiger charge is 2.31. The Morgan fingerprint density at radius 2 is 1.73 bits per heavy atom. The van der Waals surface area contributed by atoms with Gasteiger partial charge in [-0.25, -0.2) is 4.79 Å². The minimum Gasteiger partial charge on any atom is -0.391 e. The van der Waals surface area contributed by atoms with Gasteiger partial charge in [0.2, 0.25) is 11.8 Å². The number of pyridine rings is 1. The molecule has 13 heteroatoms. The molecular formula is C24H22BrF3N6O3. The van der Waals surface area contributed by atoms with Crippen LogP contribution in [0.3, 0.4) is 0 Å². The Morgan fingerprint density at radius 1 is 1.03 bits per heavy atom. The maximum Gasteiger partial charge on any atom is 0.416 e. The number of hydrogen-bond donors (Lipinski definition) is 5. The summed E-state index contributed by atoms with van der Waals surface area (Å²) in [5.41, 5.74) is -0.0393. The van der Waals surface area contributed by atoms with Crippen LogP contribution in [0, 0.1) is 0 Å². The van der Waals surface area contributed by atoms with Gasteiger partial charge in [0.1, 0.15) is 0 Å². The molecule has 0 aliphatic heterocycles. The molecule has 6 N–H and O–H groups in total. The number of anilines is 2. The third-order valence-corrected chi connectivity index (χ3v) is 5.15. The molecule has 37 heavy (non-hydrogen) atoms. The number of nitrogens with zero attached hydrogens (tertiary/aromatic N) is 1. The van der Waals surface area contributed by atoms with Gasteiger partial charge in [0.25, 0.3) is 0 Å². The SMILES string of the molecule is NO/C(=C\NCc1ccc(Br)cn1)NC(=O)Nc1cc(NC(=O)Cc2ccccc2)cc(C(F)(F)F)c1. The highest BCUT2D eigenvalue weighted by molar-refractivity contribution is 9.10. The molecule has 0 radical (unpaired) electrons. The first-order valence-corrected chi connectivity index (χ1v) is 11.5. The summed E-state index contributed by atoms with van der Waals surface area (Å²) in [5.74, 6) is 4.44. The minimum absolute atomic E-state index is 0.0366. The highest BCUT2D eigenvalue weighted by atomic mass is 79.9. The molecule has 1 heterocycles. The second-order valence-corrected chi connectivity index (χ2v) is 8.48. The van der Waals surface area contributed by atoms with Crippen molar-refractivity contribution in [3.05, 3.63) is 100 Å². The Morgan fingerprint density at radius 3 is 2.35 bits per heavy atom. The summed E-state index contributed by atoms with van der Waals surface area (Å²) >= 11 is 3.28. The zero-order valence-corrected chi connectivity index (χ0v) is 20.7. The number of rotatable bonds is 9. The number of carbonyl (C=O) groups excluding carboxylic acids is 2. The lowest BCUT2D eigenvalue weighted by atomic mass is 10.1. The average Bonchev–Trinajstić information content (AvgIpc) is 2.84. The molecule has 0 atom stereocenters. The number of alkyl halides is 3. The summed E-state index contributed by atoms with van der Waals surface area (Å²) in [6.07, 6.45) is -1.89. The van der Waals surface area contributed by atoms with Gasteiger partial charge in [-0.15, -0.1) is 0 Å². The molecule has 0 aliphatic carbocycles. The fraction of sp³-hybridized carbons (Fsp3) is 0.125. The molecule has 1 aromatic heterocycles. The molecule has 0 spiro atoms. The second kappa shape index (κ2) is 12.7. The number of halogens is 4. The van der Waals surface area contributed by atoms with E-state index in [1.807, 2.05) is 0 Å². The lowest BCUT2D eigenvalue weighted by molar-refractivity contribution is -0.137. The Bertz CT molecular complexity index is 1250. The molecule has 0 bridgehead atoms. The molecule has 3 amide bonds. The van der Waals surface area contributed by atoms with Gasteiger partial charge in [-0.05, 0) is 51.8 Å². The van der Waals surface area contributed by atoms with Crippen molar-refractivity contribution in [1.82, 2.24) is 15.6 Å². The fourth-order valence-electron chi connectivity index (χ4n) is 3.06. The standard InChI is InChI=1S/C24H22BrF3N6O3/c25-17-6-7-18(31-12-17)13-30-14-22(37-29)34-23(36)33-20-10-16(24(26,27)28)9-19(11-20)32-21(35)8-15-4-2-1-3-5-15/h1-7,9-12,14,30H,8,13,29H2,(H,32,35)(H2,33,34,36)/b22-14-. The van der Waals surface area contributed by atoms with Crippen LogP contribution in [0.25, 0.3) is 0 Å². The van der Waals surface area contributed by atoms with Crippen LogP contribution in [0.15, 0.2) is 83.4 Å². The van der Waals surface area contributed by atoms with E-state index in [4.69, 9.17) is 5.90 Å². The van der Waals surface area contributed by atoms with Gasteiger partial charge >= 0.3 is 12.2 Å². The van der Waals surface area contributed by atoms with E-state index >= 15 is 0 Å². The maximum atomic E-state index is 13.4. The molecular weight excluding hydrogens is 557 g/mol. The Hall–Kier alpha value is -4.10. The number of nitrogens with one attached hydrogen (secondary N) is 4. The Kier molecular flexibility index (Phi) is 9.46. The maximum absolute atomic E-state index is 13.4. The molecule has 3 aromatic rings. The van der Waals surface area contributed by atoms with Crippen molar-refractivity contribution in [1.29, 1.82) is 0 Å². The molecule has 0 fully saturated rings. The number of aromatic nitrogens is 1. The summed E-state index contributed by atoms with van der Waals surface area (Å²) in [7, 11) is 0. The first kappa shape index (κ1) is 27.5. The number of nitrogens with two attached hydrogens (primary N) is 1. The van der Waals surface area contributed by atoms with Gasteiger partial charge in [0.15, 0.2) is 0 Å². The summed E-state index contributed by atoms with van der Waals surface area (Å²) in [6.45, 7) is 0.281. The predicted octanol–water partition coefficient (Wildman–Crippen LogP) is 4.64. The smallest absolute Gasteiger partial charge is 0.391 e. The van der Waals surface area contributed by atoms with Gasteiger partial charge < -0.3 is 20.8 Å². The summed E-state index contributed by atoms with van der Waals surface area (Å²) in [4.78, 5) is 33.5. The predicted molar refractivity (Wildman–Crippen MR) is 135 cm³/mol. The Balaban J connectivity index is 1.66. The van der Waals surface area contributed by atoms with E-state index in [1.54, 1.807) is 48.7 Å². The van der Waals surface area contributed by atoms with Crippen LogP contribution in [0.4, 0.5) is 29.3 Å². The van der Waals surface area contributed by atoms with E-state index in [9.17, 15) is 22.8 Å². The minimum atomic E-state index is -4.72. The second-order valence-electron chi connectivity index (χ2n) is 7.56. The van der Waals surface area contributed by atoms with E-state index in [-0.39, 0.29) is 30.2 Å². The van der Waals surface area contributed by atoms with Gasteiger partial charge in [0.05, 0.1) is 30.4 Å². The van der Waals surface area contributed by atoms with Crippen LogP contribution in [-0.2, 0) is 28.8 Å². The molecule has 0 saturated heterocycles. The van der Waals surface area contributed by atoms with E-state index < -0.39 is 23.7 Å². The third-order valence-electron chi connectivity index (χ3n) is 4.68. The van der Waals surface area contributed by atoms with Crippen LogP contribution in [0.2, 0.25) is 0 Å². The molecule has 0 unspecified atom stereocenters. The zero-order chi connectivity index (χ0) is 26.8. The topological polar surface area (TPSA) is 130 Å². The van der Waals surface area contributed by atoms with E-state index in [0.717, 1.165) is 16.6 Å². The lowest BCUT2D eigenvalue weighted by Gasteiger charge is -2.15. The van der Waals surface area contributed by atoms with Crippen LogP contribution in [-0.4, -0.2) is 16.9 Å². The molecule has 0 aliphatic rings. The van der Waals surface area contributed by atoms with Crippen molar-refractivity contribution in [3.63, 3.8) is 0 Å². The van der Waals surface area contributed by atoms with Crippen molar-refractivity contribution in [2.24, 2.45) is 5.90 Å². The number of urea groups is 1. The van der Waals surface area contributed by atoms with Gasteiger partial charge in [0, 0.05) is 22.0 Å². The van der Waals surface area contributed by atoms with Crippen molar-refractivity contribution < 1.29 is 27.6 Å². The van der Waals surface area contributed by atoms with Crippen molar-refractivity contribution in [3.8, 4) is 0 Å². The first-order valence-electron chi connectivity index (χ1n) is 10.7. The number of hydrogen-bond acceptors (Lipinski definition) is 6. The monoisotopic (exact) mass is 578 g/mol. The van der Waals surface area contributed by atoms with E-state index in [2.05, 4.69) is 47.0 Å². The van der Waals surface area contributed by atoms with Gasteiger partial charge in [-0.1, -0.05) is 30.3 Å². The average molecular weight is 579 g/mol. The molecule has 194 valence electrons. The van der Waals surface area contributed by atoms with Crippen LogP contribution >= 0.6 is 15.9 Å². The van der Waals surface area contributed by atoms with Crippen molar-refractivity contribution >= 4 is 39.2 Å². The fourth-order valence-corrected chi connectivity index (χ4v) is 3.29. The van der Waals surface area contributed by atoms with Crippen molar-refractivity contribution in [2.45, 2.75) is 19.1 Å². The van der Waals surface area contributed by atoms with Crippen molar-refractivity contribution in [2.75, 3.05) is 10.6 Å².